The number of nitrogens with one attached hydrogen (secondary N) is 1. The number of hydrogen-bond acceptors (Lipinski definition) is 1. The van der Waals surface area contributed by atoms with E-state index in [1.54, 1.807) is 6.08 Å². The lowest BCUT2D eigenvalue weighted by Crippen LogP contribution is -2.28. The van der Waals surface area contributed by atoms with Crippen LogP contribution in [0.4, 0.5) is 0 Å². The molecule has 1 amide bonds. The van der Waals surface area contributed by atoms with E-state index in [0.717, 1.165) is 0 Å². The van der Waals surface area contributed by atoms with E-state index in [4.69, 9.17) is 11.6 Å². The van der Waals surface area contributed by atoms with Crippen LogP contribution in [0.1, 0.15) is 13.8 Å². The van der Waals surface area contributed by atoms with Crippen molar-refractivity contribution < 1.29 is 4.79 Å². The van der Waals surface area contributed by atoms with Gasteiger partial charge in [0.15, 0.2) is 0 Å². The van der Waals surface area contributed by atoms with Crippen LogP contribution < -0.4 is 5.32 Å². The van der Waals surface area contributed by atoms with E-state index < -0.39 is 0 Å². The zero-order chi connectivity index (χ0) is 7.98. The maximum absolute atomic E-state index is 10.8. The third-order valence-electron chi connectivity index (χ3n) is 0.789. The van der Waals surface area contributed by atoms with Crippen LogP contribution in [0.2, 0.25) is 0 Å². The minimum Gasteiger partial charge on any atom is -0.350 e. The summed E-state index contributed by atoms with van der Waals surface area (Å²) in [5.74, 6) is 0.293. The van der Waals surface area contributed by atoms with Gasteiger partial charge >= 0.3 is 0 Å². The molecule has 0 radical (unpaired) electrons. The lowest BCUT2D eigenvalue weighted by molar-refractivity contribution is -0.116. The first-order chi connectivity index (χ1) is 4.66. The van der Waals surface area contributed by atoms with Crippen molar-refractivity contribution in [2.75, 3.05) is 5.88 Å². The molecule has 0 unspecified atom stereocenters. The fourth-order valence-corrected chi connectivity index (χ4v) is 0.573. The van der Waals surface area contributed by atoms with Crippen LogP contribution in [0.3, 0.4) is 0 Å². The van der Waals surface area contributed by atoms with Crippen molar-refractivity contribution in [2.45, 2.75) is 19.9 Å². The molecule has 10 heavy (non-hydrogen) atoms. The van der Waals surface area contributed by atoms with Gasteiger partial charge in [-0.05, 0) is 13.8 Å². The van der Waals surface area contributed by atoms with Crippen LogP contribution in [0.25, 0.3) is 0 Å². The van der Waals surface area contributed by atoms with Gasteiger partial charge in [-0.2, -0.15) is 0 Å². The van der Waals surface area contributed by atoms with E-state index in [9.17, 15) is 4.79 Å². The van der Waals surface area contributed by atoms with Crippen molar-refractivity contribution in [1.29, 1.82) is 0 Å². The molecule has 0 saturated carbocycles. The number of alkyl halides is 1. The van der Waals surface area contributed by atoms with Crippen molar-refractivity contribution >= 4 is 17.5 Å². The lowest BCUT2D eigenvalue weighted by Gasteiger charge is -2.03. The highest BCUT2D eigenvalue weighted by molar-refractivity contribution is 6.19. The van der Waals surface area contributed by atoms with E-state index in [1.807, 2.05) is 13.8 Å². The fraction of sp³-hybridized carbons (Fsp3) is 0.571. The largest absolute Gasteiger partial charge is 0.350 e. The van der Waals surface area contributed by atoms with Crippen molar-refractivity contribution in [3.8, 4) is 0 Å². The normalized spacial score (nSPS) is 10.8. The van der Waals surface area contributed by atoms with Crippen LogP contribution in [0.5, 0.6) is 0 Å². The zero-order valence-corrected chi connectivity index (χ0v) is 6.98. The second-order valence-corrected chi connectivity index (χ2v) is 2.53. The molecule has 0 aliphatic rings. The Bertz CT molecular complexity index is 132. The van der Waals surface area contributed by atoms with Crippen LogP contribution in [0.15, 0.2) is 12.2 Å². The summed E-state index contributed by atoms with van der Waals surface area (Å²) in [5.41, 5.74) is 0. The van der Waals surface area contributed by atoms with Crippen molar-refractivity contribution in [3.63, 3.8) is 0 Å². The minimum atomic E-state index is -0.0874. The van der Waals surface area contributed by atoms with Gasteiger partial charge in [-0.15, -0.1) is 11.6 Å². The molecule has 58 valence electrons. The molecule has 0 atom stereocenters. The Labute approximate surface area is 66.3 Å². The standard InChI is InChI=1S/C7H12ClNO/c1-6(2)9-7(10)4-3-5-8/h3-4,6H,5H2,1-2H3,(H,9,10). The molecular formula is C7H12ClNO. The highest BCUT2D eigenvalue weighted by Gasteiger charge is 1.95. The molecule has 0 heterocycles. The summed E-state index contributed by atoms with van der Waals surface area (Å²) in [4.78, 5) is 10.8. The van der Waals surface area contributed by atoms with E-state index >= 15 is 0 Å². The summed E-state index contributed by atoms with van der Waals surface area (Å²) in [5, 5.41) is 2.69. The van der Waals surface area contributed by atoms with Gasteiger partial charge in [0.1, 0.15) is 0 Å². The number of rotatable bonds is 3. The molecule has 0 aliphatic carbocycles. The van der Waals surface area contributed by atoms with Crippen LogP contribution in [0, 0.1) is 0 Å². The molecular weight excluding hydrogens is 150 g/mol. The van der Waals surface area contributed by atoms with Crippen LogP contribution in [-0.4, -0.2) is 17.8 Å². The summed E-state index contributed by atoms with van der Waals surface area (Å²) in [6, 6.07) is 0.187. The van der Waals surface area contributed by atoms with Gasteiger partial charge in [0.05, 0.1) is 0 Å². The topological polar surface area (TPSA) is 29.1 Å². The van der Waals surface area contributed by atoms with E-state index in [-0.39, 0.29) is 11.9 Å². The lowest BCUT2D eigenvalue weighted by atomic mass is 10.4. The summed E-state index contributed by atoms with van der Waals surface area (Å²) in [6.45, 7) is 3.82. The number of halogens is 1. The first-order valence-electron chi connectivity index (χ1n) is 3.20. The molecule has 0 aliphatic heterocycles. The Kier molecular flexibility index (Phi) is 5.03. The van der Waals surface area contributed by atoms with Gasteiger partial charge in [-0.1, -0.05) is 6.08 Å². The maximum atomic E-state index is 10.8. The highest BCUT2D eigenvalue weighted by atomic mass is 35.5. The molecule has 0 rings (SSSR count). The number of carbonyl (C=O) groups excluding carboxylic acids is 1. The van der Waals surface area contributed by atoms with Gasteiger partial charge in [-0.25, -0.2) is 0 Å². The smallest absolute Gasteiger partial charge is 0.243 e. The SMILES string of the molecule is CC(C)NC(=O)C=CCCl. The second kappa shape index (κ2) is 5.30. The van der Waals surface area contributed by atoms with Crippen molar-refractivity contribution in [3.05, 3.63) is 12.2 Å². The van der Waals surface area contributed by atoms with E-state index in [0.29, 0.717) is 5.88 Å². The quantitative estimate of drug-likeness (QED) is 0.491. The molecule has 0 saturated heterocycles. The fourth-order valence-electron chi connectivity index (χ4n) is 0.484. The molecule has 0 spiro atoms. The monoisotopic (exact) mass is 161 g/mol. The summed E-state index contributed by atoms with van der Waals surface area (Å²) >= 11 is 5.32. The number of allylic oxidation sites excluding steroid dienone is 1. The van der Waals surface area contributed by atoms with Gasteiger partial charge < -0.3 is 5.32 Å². The number of carbonyl (C=O) groups is 1. The summed E-state index contributed by atoms with van der Waals surface area (Å²) in [7, 11) is 0. The average molecular weight is 162 g/mol. The summed E-state index contributed by atoms with van der Waals surface area (Å²) < 4.78 is 0. The Morgan fingerprint density at radius 2 is 2.30 bits per heavy atom. The Balaban J connectivity index is 3.54. The van der Waals surface area contributed by atoms with Gasteiger partial charge in [0.25, 0.3) is 0 Å². The number of hydrogen-bond donors (Lipinski definition) is 1. The van der Waals surface area contributed by atoms with Gasteiger partial charge in [0.2, 0.25) is 5.91 Å². The number of amides is 1. The maximum Gasteiger partial charge on any atom is 0.243 e. The van der Waals surface area contributed by atoms with Crippen molar-refractivity contribution in [2.24, 2.45) is 0 Å². The molecule has 0 aromatic heterocycles. The molecule has 0 bridgehead atoms. The molecule has 2 nitrogen and oxygen atoms in total. The molecule has 1 N–H and O–H groups in total. The Hall–Kier alpha value is -0.500. The second-order valence-electron chi connectivity index (χ2n) is 2.22. The Morgan fingerprint density at radius 3 is 2.70 bits per heavy atom. The van der Waals surface area contributed by atoms with E-state index in [1.165, 1.54) is 6.08 Å². The summed E-state index contributed by atoms with van der Waals surface area (Å²) in [6.07, 6.45) is 3.05. The Morgan fingerprint density at radius 1 is 1.70 bits per heavy atom. The first-order valence-corrected chi connectivity index (χ1v) is 3.73. The van der Waals surface area contributed by atoms with E-state index in [2.05, 4.69) is 5.32 Å². The predicted molar refractivity (Wildman–Crippen MR) is 43.1 cm³/mol. The molecule has 0 aromatic carbocycles. The molecule has 0 aromatic rings. The van der Waals surface area contributed by atoms with Gasteiger partial charge in [0, 0.05) is 18.0 Å². The zero-order valence-electron chi connectivity index (χ0n) is 6.23. The van der Waals surface area contributed by atoms with Crippen molar-refractivity contribution in [1.82, 2.24) is 5.32 Å². The third-order valence-corrected chi connectivity index (χ3v) is 0.967. The average Bonchev–Trinajstić information content (AvgIpc) is 1.82. The third kappa shape index (κ3) is 5.63. The highest BCUT2D eigenvalue weighted by Crippen LogP contribution is 1.81. The van der Waals surface area contributed by atoms with Crippen LogP contribution >= 0.6 is 11.6 Å². The first kappa shape index (κ1) is 9.50. The minimum absolute atomic E-state index is 0.0874. The molecule has 0 fully saturated rings. The van der Waals surface area contributed by atoms with Crippen LogP contribution in [-0.2, 0) is 4.79 Å². The molecule has 3 heteroatoms. The van der Waals surface area contributed by atoms with Gasteiger partial charge in [-0.3, -0.25) is 4.79 Å². The predicted octanol–water partition coefficient (Wildman–Crippen LogP) is 1.31.